The maximum absolute atomic E-state index is 12.0. The first kappa shape index (κ1) is 18.5. The molecule has 0 radical (unpaired) electrons. The quantitative estimate of drug-likeness (QED) is 0.698. The van der Waals surface area contributed by atoms with Gasteiger partial charge in [-0.05, 0) is 39.3 Å². The number of hydrogen-bond donors (Lipinski definition) is 3. The molecule has 6 heteroatoms. The lowest BCUT2D eigenvalue weighted by Gasteiger charge is -2.27. The maximum Gasteiger partial charge on any atom is 0.319 e. The number of benzene rings is 1. The predicted molar refractivity (Wildman–Crippen MR) is 97.8 cm³/mol. The minimum atomic E-state index is -0.275. The third-order valence-corrected chi connectivity index (χ3v) is 3.71. The number of anilines is 1. The number of hydrogen-bond acceptors (Lipinski definition) is 4. The zero-order valence-electron chi connectivity index (χ0n) is 15.0. The number of carbonyl (C=O) groups excluding carboxylic acids is 1. The second kappa shape index (κ2) is 8.89. The van der Waals surface area contributed by atoms with Gasteiger partial charge in [-0.2, -0.15) is 0 Å². The van der Waals surface area contributed by atoms with Crippen molar-refractivity contribution in [2.45, 2.75) is 32.7 Å². The van der Waals surface area contributed by atoms with Gasteiger partial charge in [-0.15, -0.1) is 0 Å². The lowest BCUT2D eigenvalue weighted by atomic mass is 10.1. The summed E-state index contributed by atoms with van der Waals surface area (Å²) < 4.78 is 5.87. The molecule has 2 amide bonds. The summed E-state index contributed by atoms with van der Waals surface area (Å²) in [4.78, 5) is 14.5. The molecule has 0 aliphatic carbocycles. The van der Waals surface area contributed by atoms with Crippen LogP contribution in [0.5, 0.6) is 5.75 Å². The van der Waals surface area contributed by atoms with Crippen LogP contribution in [-0.2, 0) is 0 Å². The van der Waals surface area contributed by atoms with Gasteiger partial charge in [0.05, 0.1) is 12.3 Å². The Balaban J connectivity index is 1.79. The molecule has 0 bridgehead atoms. The molecule has 0 atom stereocenters. The molecule has 24 heavy (non-hydrogen) atoms. The molecular weight excluding hydrogens is 304 g/mol. The van der Waals surface area contributed by atoms with Crippen LogP contribution in [0.2, 0.25) is 0 Å². The average Bonchev–Trinajstić information content (AvgIpc) is 2.52. The normalized spacial score (nSPS) is 15.8. The van der Waals surface area contributed by atoms with E-state index in [4.69, 9.17) is 4.74 Å². The van der Waals surface area contributed by atoms with Crippen LogP contribution < -0.4 is 20.7 Å². The monoisotopic (exact) mass is 334 g/mol. The highest BCUT2D eigenvalue weighted by atomic mass is 16.5. The van der Waals surface area contributed by atoms with Crippen LogP contribution in [0.3, 0.4) is 0 Å². The summed E-state index contributed by atoms with van der Waals surface area (Å²) in [5, 5.41) is 9.10. The van der Waals surface area contributed by atoms with Crippen molar-refractivity contribution in [1.29, 1.82) is 0 Å². The first-order valence-corrected chi connectivity index (χ1v) is 8.68. The van der Waals surface area contributed by atoms with Crippen molar-refractivity contribution in [3.63, 3.8) is 0 Å². The Bertz CT molecular complexity index is 522. The second-order valence-corrected chi connectivity index (χ2v) is 7.12. The molecule has 1 aromatic carbocycles. The Hall–Kier alpha value is -1.79. The van der Waals surface area contributed by atoms with Crippen LogP contribution in [0.4, 0.5) is 10.5 Å². The Labute approximate surface area is 144 Å². The SMILES string of the molecule is CC(C)(C)NC(=O)Nc1ccccc1OCCCN1CCNCC1. The van der Waals surface area contributed by atoms with Crippen molar-refractivity contribution < 1.29 is 9.53 Å². The molecule has 1 aliphatic rings. The summed E-state index contributed by atoms with van der Waals surface area (Å²) in [6.45, 7) is 11.9. The highest BCUT2D eigenvalue weighted by Gasteiger charge is 2.15. The molecule has 0 spiro atoms. The van der Waals surface area contributed by atoms with Crippen molar-refractivity contribution in [3.8, 4) is 5.75 Å². The fraction of sp³-hybridized carbons (Fsp3) is 0.611. The Morgan fingerprint density at radius 2 is 1.96 bits per heavy atom. The maximum atomic E-state index is 12.0. The molecule has 2 rings (SSSR count). The van der Waals surface area contributed by atoms with Gasteiger partial charge in [0.25, 0.3) is 0 Å². The molecule has 3 N–H and O–H groups in total. The lowest BCUT2D eigenvalue weighted by Crippen LogP contribution is -2.44. The Kier molecular flexibility index (Phi) is 6.87. The number of carbonyl (C=O) groups is 1. The molecule has 1 aromatic rings. The summed E-state index contributed by atoms with van der Waals surface area (Å²) in [6.07, 6.45) is 0.975. The second-order valence-electron chi connectivity index (χ2n) is 7.12. The minimum absolute atomic E-state index is 0.223. The molecule has 0 aromatic heterocycles. The van der Waals surface area contributed by atoms with Gasteiger partial charge in [-0.3, -0.25) is 0 Å². The van der Waals surface area contributed by atoms with E-state index in [0.717, 1.165) is 39.1 Å². The molecule has 6 nitrogen and oxygen atoms in total. The molecule has 1 fully saturated rings. The van der Waals surface area contributed by atoms with Crippen molar-refractivity contribution >= 4 is 11.7 Å². The van der Waals surface area contributed by atoms with Crippen LogP contribution in [0.15, 0.2) is 24.3 Å². The van der Waals surface area contributed by atoms with E-state index in [0.29, 0.717) is 18.0 Å². The van der Waals surface area contributed by atoms with E-state index in [-0.39, 0.29) is 11.6 Å². The van der Waals surface area contributed by atoms with Gasteiger partial charge < -0.3 is 25.6 Å². The standard InChI is InChI=1S/C18H30N4O2/c1-18(2,3)21-17(23)20-15-7-4-5-8-16(15)24-14-6-11-22-12-9-19-10-13-22/h4-5,7-8,19H,6,9-14H2,1-3H3,(H2,20,21,23). The van der Waals surface area contributed by atoms with E-state index in [1.807, 2.05) is 45.0 Å². The summed E-state index contributed by atoms with van der Waals surface area (Å²) in [5.74, 6) is 0.710. The Morgan fingerprint density at radius 1 is 1.25 bits per heavy atom. The van der Waals surface area contributed by atoms with Crippen LogP contribution in [0, 0.1) is 0 Å². The first-order chi connectivity index (χ1) is 11.4. The highest BCUT2D eigenvalue weighted by Crippen LogP contribution is 2.24. The fourth-order valence-corrected chi connectivity index (χ4v) is 2.59. The van der Waals surface area contributed by atoms with Gasteiger partial charge in [0, 0.05) is 38.3 Å². The third-order valence-electron chi connectivity index (χ3n) is 3.71. The van der Waals surface area contributed by atoms with E-state index < -0.39 is 0 Å². The summed E-state index contributed by atoms with van der Waals surface area (Å²) in [7, 11) is 0. The van der Waals surface area contributed by atoms with Crippen LogP contribution in [0.1, 0.15) is 27.2 Å². The van der Waals surface area contributed by atoms with E-state index >= 15 is 0 Å². The van der Waals surface area contributed by atoms with Crippen molar-refractivity contribution in [2.24, 2.45) is 0 Å². The fourth-order valence-electron chi connectivity index (χ4n) is 2.59. The summed E-state index contributed by atoms with van der Waals surface area (Å²) in [5.41, 5.74) is 0.421. The number of para-hydroxylation sites is 2. The van der Waals surface area contributed by atoms with Crippen LogP contribution in [-0.4, -0.2) is 55.8 Å². The van der Waals surface area contributed by atoms with E-state index in [1.165, 1.54) is 0 Å². The zero-order chi connectivity index (χ0) is 17.4. The van der Waals surface area contributed by atoms with Crippen molar-refractivity contribution in [3.05, 3.63) is 24.3 Å². The van der Waals surface area contributed by atoms with Crippen molar-refractivity contribution in [1.82, 2.24) is 15.5 Å². The van der Waals surface area contributed by atoms with Gasteiger partial charge in [-0.1, -0.05) is 12.1 Å². The molecule has 134 valence electrons. The van der Waals surface area contributed by atoms with Gasteiger partial charge in [-0.25, -0.2) is 4.79 Å². The number of urea groups is 1. The molecule has 0 unspecified atom stereocenters. The number of nitrogens with one attached hydrogen (secondary N) is 3. The molecule has 1 heterocycles. The van der Waals surface area contributed by atoms with Crippen LogP contribution >= 0.6 is 0 Å². The minimum Gasteiger partial charge on any atom is -0.491 e. The predicted octanol–water partition coefficient (Wildman–Crippen LogP) is 2.28. The summed E-state index contributed by atoms with van der Waals surface area (Å²) >= 11 is 0. The number of amides is 2. The van der Waals surface area contributed by atoms with Crippen molar-refractivity contribution in [2.75, 3.05) is 44.6 Å². The topological polar surface area (TPSA) is 65.6 Å². The lowest BCUT2D eigenvalue weighted by molar-refractivity contribution is 0.214. The summed E-state index contributed by atoms with van der Waals surface area (Å²) in [6, 6.07) is 7.32. The molecule has 1 aliphatic heterocycles. The number of ether oxygens (including phenoxy) is 1. The van der Waals surface area contributed by atoms with Gasteiger partial charge in [0.15, 0.2) is 0 Å². The number of rotatable bonds is 6. The molecule has 1 saturated heterocycles. The Morgan fingerprint density at radius 3 is 2.67 bits per heavy atom. The number of nitrogens with zero attached hydrogens (tertiary/aromatic N) is 1. The first-order valence-electron chi connectivity index (χ1n) is 8.68. The van der Waals surface area contributed by atoms with E-state index in [9.17, 15) is 4.79 Å². The van der Waals surface area contributed by atoms with E-state index in [1.54, 1.807) is 0 Å². The van der Waals surface area contributed by atoms with Gasteiger partial charge in [0.2, 0.25) is 0 Å². The third kappa shape index (κ3) is 6.76. The van der Waals surface area contributed by atoms with E-state index in [2.05, 4.69) is 20.9 Å². The average molecular weight is 334 g/mol. The smallest absolute Gasteiger partial charge is 0.319 e. The van der Waals surface area contributed by atoms with Gasteiger partial charge in [0.1, 0.15) is 5.75 Å². The zero-order valence-corrected chi connectivity index (χ0v) is 15.0. The molecule has 0 saturated carbocycles. The molecular formula is C18H30N4O2. The highest BCUT2D eigenvalue weighted by molar-refractivity contribution is 5.91. The van der Waals surface area contributed by atoms with Gasteiger partial charge >= 0.3 is 6.03 Å². The largest absolute Gasteiger partial charge is 0.491 e. The van der Waals surface area contributed by atoms with Crippen LogP contribution in [0.25, 0.3) is 0 Å². The number of piperazine rings is 1.